The van der Waals surface area contributed by atoms with Crippen LogP contribution in [0.4, 0.5) is 0 Å². The molecule has 0 radical (unpaired) electrons. The largest absolute Gasteiger partial charge is 0.331 e. The van der Waals surface area contributed by atoms with Crippen LogP contribution in [-0.4, -0.2) is 37.8 Å². The van der Waals surface area contributed by atoms with Gasteiger partial charge in [0.1, 0.15) is 0 Å². The molecule has 0 saturated heterocycles. The Labute approximate surface area is 130 Å². The van der Waals surface area contributed by atoms with Crippen LogP contribution in [0.5, 0.6) is 0 Å². The number of imidazole rings is 1. The van der Waals surface area contributed by atoms with Crippen molar-refractivity contribution in [3.05, 3.63) is 35.7 Å². The summed E-state index contributed by atoms with van der Waals surface area (Å²) in [7, 11) is -3.18. The molecular weight excluding hydrogens is 302 g/mol. The van der Waals surface area contributed by atoms with Crippen LogP contribution >= 0.6 is 0 Å². The van der Waals surface area contributed by atoms with E-state index in [2.05, 4.69) is 18.8 Å². The Bertz CT molecular complexity index is 762. The van der Waals surface area contributed by atoms with Gasteiger partial charge in [-0.1, -0.05) is 0 Å². The van der Waals surface area contributed by atoms with Crippen LogP contribution in [0, 0.1) is 0 Å². The maximum Gasteiger partial charge on any atom is 0.214 e. The molecule has 3 rings (SSSR count). The molecule has 22 heavy (non-hydrogen) atoms. The van der Waals surface area contributed by atoms with Crippen LogP contribution in [0.15, 0.2) is 18.7 Å². The molecule has 0 aliphatic carbocycles. The minimum Gasteiger partial charge on any atom is -0.331 e. The van der Waals surface area contributed by atoms with E-state index in [1.165, 1.54) is 0 Å². The van der Waals surface area contributed by atoms with Crippen molar-refractivity contribution in [2.24, 2.45) is 0 Å². The van der Waals surface area contributed by atoms with Gasteiger partial charge < -0.3 is 4.57 Å². The number of nitrogens with zero attached hydrogens (tertiary/aromatic N) is 5. The topological polar surface area (TPSA) is 73.0 Å². The van der Waals surface area contributed by atoms with Crippen LogP contribution in [0.1, 0.15) is 43.8 Å². The fraction of sp³-hybridized carbons (Fsp3) is 0.571. The number of hydrogen-bond donors (Lipinski definition) is 0. The SMILES string of the molecule is CCS(=O)(=O)N1Cc2c(Cn3ccnc3)nn(C(C)C)c2C1. The summed E-state index contributed by atoms with van der Waals surface area (Å²) in [5.41, 5.74) is 2.98. The molecule has 0 unspecified atom stereocenters. The normalized spacial score (nSPS) is 15.6. The minimum absolute atomic E-state index is 0.128. The standard InChI is InChI=1S/C14H21N5O2S/c1-4-22(20,21)18-7-12-13(8-17-6-5-15-10-17)16-19(11(2)3)14(12)9-18/h5-6,10-11H,4,7-9H2,1-3H3. The molecule has 1 aliphatic rings. The Morgan fingerprint density at radius 1 is 1.32 bits per heavy atom. The summed E-state index contributed by atoms with van der Waals surface area (Å²) in [4.78, 5) is 4.04. The molecule has 7 nitrogen and oxygen atoms in total. The van der Waals surface area contributed by atoms with E-state index in [0.717, 1.165) is 17.0 Å². The molecule has 0 atom stereocenters. The summed E-state index contributed by atoms with van der Waals surface area (Å²) in [6, 6.07) is 0.203. The lowest BCUT2D eigenvalue weighted by atomic mass is 10.2. The molecule has 120 valence electrons. The zero-order valence-electron chi connectivity index (χ0n) is 13.1. The highest BCUT2D eigenvalue weighted by molar-refractivity contribution is 7.89. The van der Waals surface area contributed by atoms with Gasteiger partial charge in [0.25, 0.3) is 0 Å². The maximum absolute atomic E-state index is 12.2. The fourth-order valence-corrected chi connectivity index (χ4v) is 3.80. The second kappa shape index (κ2) is 5.51. The zero-order valence-corrected chi connectivity index (χ0v) is 13.9. The van der Waals surface area contributed by atoms with Crippen LogP contribution in [0.3, 0.4) is 0 Å². The van der Waals surface area contributed by atoms with Crippen molar-refractivity contribution in [2.75, 3.05) is 5.75 Å². The van der Waals surface area contributed by atoms with Crippen LogP contribution < -0.4 is 0 Å². The summed E-state index contributed by atoms with van der Waals surface area (Å²) in [6.45, 7) is 7.25. The molecule has 2 aromatic rings. The third kappa shape index (κ3) is 2.56. The second-order valence-corrected chi connectivity index (χ2v) is 8.07. The molecule has 0 fully saturated rings. The van der Waals surface area contributed by atoms with E-state index in [4.69, 9.17) is 5.10 Å². The van der Waals surface area contributed by atoms with Gasteiger partial charge >= 0.3 is 0 Å². The maximum atomic E-state index is 12.2. The van der Waals surface area contributed by atoms with Crippen molar-refractivity contribution >= 4 is 10.0 Å². The van der Waals surface area contributed by atoms with Gasteiger partial charge in [-0.05, 0) is 20.8 Å². The van der Waals surface area contributed by atoms with Crippen molar-refractivity contribution in [3.8, 4) is 0 Å². The summed E-state index contributed by atoms with van der Waals surface area (Å²) < 4.78 is 29.8. The zero-order chi connectivity index (χ0) is 15.9. The molecule has 3 heterocycles. The van der Waals surface area contributed by atoms with Crippen LogP contribution in [0.2, 0.25) is 0 Å². The highest BCUT2D eigenvalue weighted by Gasteiger charge is 2.34. The molecular formula is C14H21N5O2S. The Kier molecular flexibility index (Phi) is 3.82. The first kappa shape index (κ1) is 15.2. The molecule has 0 saturated carbocycles. The molecule has 8 heteroatoms. The summed E-state index contributed by atoms with van der Waals surface area (Å²) >= 11 is 0. The van der Waals surface area contributed by atoms with Crippen molar-refractivity contribution in [1.29, 1.82) is 0 Å². The predicted octanol–water partition coefficient (Wildman–Crippen LogP) is 1.37. The van der Waals surface area contributed by atoms with Crippen molar-refractivity contribution in [1.82, 2.24) is 23.6 Å². The number of sulfonamides is 1. The third-order valence-corrected chi connectivity index (χ3v) is 5.78. The van der Waals surface area contributed by atoms with Crippen LogP contribution in [0.25, 0.3) is 0 Å². The monoisotopic (exact) mass is 323 g/mol. The highest BCUT2D eigenvalue weighted by Crippen LogP contribution is 2.30. The predicted molar refractivity (Wildman–Crippen MR) is 82.6 cm³/mol. The van der Waals surface area contributed by atoms with E-state index >= 15 is 0 Å². The first-order valence-corrected chi connectivity index (χ1v) is 9.06. The van der Waals surface area contributed by atoms with E-state index < -0.39 is 10.0 Å². The fourth-order valence-electron chi connectivity index (χ4n) is 2.79. The minimum atomic E-state index is -3.18. The van der Waals surface area contributed by atoms with Gasteiger partial charge in [-0.15, -0.1) is 0 Å². The van der Waals surface area contributed by atoms with E-state index in [1.807, 2.05) is 15.4 Å². The molecule has 0 N–H and O–H groups in total. The van der Waals surface area contributed by atoms with Gasteiger partial charge in [0.05, 0.1) is 36.6 Å². The summed E-state index contributed by atoms with van der Waals surface area (Å²) in [5, 5.41) is 4.70. The molecule has 0 aromatic carbocycles. The van der Waals surface area contributed by atoms with Gasteiger partial charge in [-0.2, -0.15) is 9.40 Å². The first-order valence-electron chi connectivity index (χ1n) is 7.45. The van der Waals surface area contributed by atoms with Gasteiger partial charge in [-0.3, -0.25) is 4.68 Å². The lowest BCUT2D eigenvalue weighted by molar-refractivity contribution is 0.407. The quantitative estimate of drug-likeness (QED) is 0.833. The molecule has 1 aliphatic heterocycles. The summed E-state index contributed by atoms with van der Waals surface area (Å²) in [5.74, 6) is 0.128. The molecule has 0 bridgehead atoms. The number of aromatic nitrogens is 4. The van der Waals surface area contributed by atoms with Gasteiger partial charge in [-0.25, -0.2) is 13.4 Å². The number of hydrogen-bond acceptors (Lipinski definition) is 4. The summed E-state index contributed by atoms with van der Waals surface area (Å²) in [6.07, 6.45) is 5.36. The van der Waals surface area contributed by atoms with E-state index in [0.29, 0.717) is 19.6 Å². The van der Waals surface area contributed by atoms with E-state index in [9.17, 15) is 8.42 Å². The Morgan fingerprint density at radius 3 is 2.68 bits per heavy atom. The van der Waals surface area contributed by atoms with Gasteiger partial charge in [0.15, 0.2) is 0 Å². The smallest absolute Gasteiger partial charge is 0.214 e. The van der Waals surface area contributed by atoms with Crippen molar-refractivity contribution < 1.29 is 8.42 Å². The Balaban J connectivity index is 1.97. The average molecular weight is 323 g/mol. The van der Waals surface area contributed by atoms with Gasteiger partial charge in [0.2, 0.25) is 10.0 Å². The molecule has 0 spiro atoms. The van der Waals surface area contributed by atoms with Crippen molar-refractivity contribution in [3.63, 3.8) is 0 Å². The lowest BCUT2D eigenvalue weighted by Crippen LogP contribution is -2.28. The molecule has 0 amide bonds. The first-order chi connectivity index (χ1) is 10.4. The highest BCUT2D eigenvalue weighted by atomic mass is 32.2. The van der Waals surface area contributed by atoms with E-state index in [-0.39, 0.29) is 11.8 Å². The van der Waals surface area contributed by atoms with Crippen LogP contribution in [-0.2, 0) is 29.7 Å². The number of fused-ring (bicyclic) bond motifs is 1. The second-order valence-electron chi connectivity index (χ2n) is 5.81. The average Bonchev–Trinajstić information content (AvgIpc) is 3.16. The third-order valence-electron chi connectivity index (χ3n) is 4.00. The Morgan fingerprint density at radius 2 is 2.09 bits per heavy atom. The van der Waals surface area contributed by atoms with E-state index in [1.54, 1.807) is 23.8 Å². The Hall–Kier alpha value is -1.67. The lowest BCUT2D eigenvalue weighted by Gasteiger charge is -2.16. The van der Waals surface area contributed by atoms with Gasteiger partial charge in [0, 0.05) is 30.5 Å². The van der Waals surface area contributed by atoms with Crippen molar-refractivity contribution in [2.45, 2.75) is 46.4 Å². The number of rotatable bonds is 5. The molecule has 2 aromatic heterocycles.